The third-order valence-corrected chi connectivity index (χ3v) is 4.01. The van der Waals surface area contributed by atoms with Crippen LogP contribution in [0.15, 0.2) is 54.6 Å². The lowest BCUT2D eigenvalue weighted by Crippen LogP contribution is -2.23. The van der Waals surface area contributed by atoms with Gasteiger partial charge >= 0.3 is 0 Å². The van der Waals surface area contributed by atoms with Crippen molar-refractivity contribution in [1.29, 1.82) is 0 Å². The fourth-order valence-electron chi connectivity index (χ4n) is 2.48. The topological polar surface area (TPSA) is 67.2 Å². The molecule has 25 heavy (non-hydrogen) atoms. The highest BCUT2D eigenvalue weighted by atomic mass is 35.5. The van der Waals surface area contributed by atoms with Crippen molar-refractivity contribution in [2.75, 3.05) is 0 Å². The SMILES string of the molecule is Cc1cc(C(=O)[O-])nn1Cc1cc(Cl)ccc1OCc1ccccc1. The molecule has 0 bridgehead atoms. The van der Waals surface area contributed by atoms with Crippen LogP contribution in [0.2, 0.25) is 5.02 Å². The average Bonchev–Trinajstić information content (AvgIpc) is 2.96. The van der Waals surface area contributed by atoms with Crippen LogP contribution in [-0.4, -0.2) is 15.7 Å². The van der Waals surface area contributed by atoms with Crippen molar-refractivity contribution in [3.8, 4) is 5.75 Å². The molecule has 3 aromatic rings. The van der Waals surface area contributed by atoms with Gasteiger partial charge in [-0.1, -0.05) is 41.9 Å². The summed E-state index contributed by atoms with van der Waals surface area (Å²) in [4.78, 5) is 11.0. The Labute approximate surface area is 150 Å². The number of ether oxygens (including phenoxy) is 1. The Kier molecular flexibility index (Phi) is 5.05. The second-order valence-electron chi connectivity index (χ2n) is 5.64. The van der Waals surface area contributed by atoms with Crippen molar-refractivity contribution >= 4 is 17.6 Å². The molecule has 128 valence electrons. The normalized spacial score (nSPS) is 10.6. The van der Waals surface area contributed by atoms with Gasteiger partial charge in [0, 0.05) is 16.3 Å². The van der Waals surface area contributed by atoms with Crippen LogP contribution in [0.4, 0.5) is 0 Å². The van der Waals surface area contributed by atoms with Crippen LogP contribution in [0, 0.1) is 6.92 Å². The fraction of sp³-hybridized carbons (Fsp3) is 0.158. The molecule has 0 saturated carbocycles. The van der Waals surface area contributed by atoms with Crippen LogP contribution in [0.25, 0.3) is 0 Å². The number of benzene rings is 2. The summed E-state index contributed by atoms with van der Waals surface area (Å²) in [6.45, 7) is 2.57. The van der Waals surface area contributed by atoms with Gasteiger partial charge in [-0.25, -0.2) is 0 Å². The zero-order valence-electron chi connectivity index (χ0n) is 13.6. The van der Waals surface area contributed by atoms with E-state index in [1.54, 1.807) is 29.8 Å². The molecular weight excluding hydrogens is 340 g/mol. The predicted molar refractivity (Wildman–Crippen MR) is 92.6 cm³/mol. The summed E-state index contributed by atoms with van der Waals surface area (Å²) >= 11 is 6.11. The molecule has 0 N–H and O–H groups in total. The fourth-order valence-corrected chi connectivity index (χ4v) is 2.67. The Hall–Kier alpha value is -2.79. The maximum Gasteiger partial charge on any atom is 0.124 e. The molecule has 0 saturated heterocycles. The van der Waals surface area contributed by atoms with Crippen molar-refractivity contribution in [2.45, 2.75) is 20.1 Å². The lowest BCUT2D eigenvalue weighted by Gasteiger charge is -2.13. The number of halogens is 1. The summed E-state index contributed by atoms with van der Waals surface area (Å²) < 4.78 is 7.51. The third-order valence-electron chi connectivity index (χ3n) is 3.77. The van der Waals surface area contributed by atoms with Crippen LogP contribution in [0.1, 0.15) is 27.3 Å². The molecule has 1 aromatic heterocycles. The Morgan fingerprint density at radius 3 is 2.64 bits per heavy atom. The minimum absolute atomic E-state index is 0.0914. The summed E-state index contributed by atoms with van der Waals surface area (Å²) in [5, 5.41) is 15.6. The van der Waals surface area contributed by atoms with Crippen LogP contribution in [0.3, 0.4) is 0 Å². The molecule has 2 aromatic carbocycles. The first kappa shape index (κ1) is 17.0. The van der Waals surface area contributed by atoms with E-state index in [1.807, 2.05) is 30.3 Å². The number of aromatic nitrogens is 2. The Morgan fingerprint density at radius 2 is 1.96 bits per heavy atom. The number of nitrogens with zero attached hydrogens (tertiary/aromatic N) is 2. The number of aromatic carboxylic acids is 1. The third kappa shape index (κ3) is 4.19. The van der Waals surface area contributed by atoms with Crippen molar-refractivity contribution in [2.24, 2.45) is 0 Å². The molecule has 0 radical (unpaired) electrons. The Balaban J connectivity index is 1.83. The summed E-state index contributed by atoms with van der Waals surface area (Å²) in [7, 11) is 0. The number of hydrogen-bond donors (Lipinski definition) is 0. The molecule has 6 heteroatoms. The monoisotopic (exact) mass is 355 g/mol. The van der Waals surface area contributed by atoms with Crippen molar-refractivity contribution < 1.29 is 14.6 Å². The van der Waals surface area contributed by atoms with E-state index in [9.17, 15) is 9.90 Å². The van der Waals surface area contributed by atoms with Crippen molar-refractivity contribution in [3.05, 3.63) is 82.1 Å². The first-order valence-electron chi connectivity index (χ1n) is 7.74. The number of carboxylic acids is 1. The quantitative estimate of drug-likeness (QED) is 0.682. The van der Waals surface area contributed by atoms with Gasteiger partial charge in [0.05, 0.1) is 12.5 Å². The van der Waals surface area contributed by atoms with E-state index >= 15 is 0 Å². The molecule has 0 unspecified atom stereocenters. The van der Waals surface area contributed by atoms with Gasteiger partial charge < -0.3 is 14.6 Å². The average molecular weight is 356 g/mol. The van der Waals surface area contributed by atoms with E-state index < -0.39 is 5.97 Å². The zero-order valence-corrected chi connectivity index (χ0v) is 14.4. The second-order valence-corrected chi connectivity index (χ2v) is 6.08. The zero-order chi connectivity index (χ0) is 17.8. The van der Waals surface area contributed by atoms with Gasteiger partial charge in [0.1, 0.15) is 18.1 Å². The molecule has 1 heterocycles. The molecule has 0 atom stereocenters. The highest BCUT2D eigenvalue weighted by Crippen LogP contribution is 2.25. The summed E-state index contributed by atoms with van der Waals surface area (Å²) in [6, 6.07) is 16.7. The second kappa shape index (κ2) is 7.40. The maximum absolute atomic E-state index is 11.0. The van der Waals surface area contributed by atoms with Gasteiger partial charge in [-0.05, 0) is 36.8 Å². The molecule has 3 rings (SSSR count). The number of carbonyl (C=O) groups is 1. The number of hydrogen-bond acceptors (Lipinski definition) is 4. The van der Waals surface area contributed by atoms with Gasteiger partial charge in [0.2, 0.25) is 0 Å². The van der Waals surface area contributed by atoms with Crippen LogP contribution < -0.4 is 9.84 Å². The number of carboxylic acid groups (broad SMARTS) is 1. The summed E-state index contributed by atoms with van der Waals surface area (Å²) in [5.74, 6) is -0.619. The van der Waals surface area contributed by atoms with E-state index in [1.165, 1.54) is 6.07 Å². The molecule has 0 aliphatic carbocycles. The van der Waals surface area contributed by atoms with Gasteiger partial charge in [-0.3, -0.25) is 4.68 Å². The lowest BCUT2D eigenvalue weighted by atomic mass is 10.2. The highest BCUT2D eigenvalue weighted by Gasteiger charge is 2.10. The molecule has 0 spiro atoms. The molecule has 0 fully saturated rings. The number of carbonyl (C=O) groups excluding carboxylic acids is 1. The van der Waals surface area contributed by atoms with E-state index in [0.717, 1.165) is 11.1 Å². The Morgan fingerprint density at radius 1 is 1.20 bits per heavy atom. The van der Waals surface area contributed by atoms with Crippen LogP contribution in [-0.2, 0) is 13.2 Å². The largest absolute Gasteiger partial charge is 0.543 e. The predicted octanol–water partition coefficient (Wildman–Crippen LogP) is 2.84. The minimum Gasteiger partial charge on any atom is -0.543 e. The smallest absolute Gasteiger partial charge is 0.124 e. The molecular formula is C19H16ClN2O3-. The van der Waals surface area contributed by atoms with E-state index in [-0.39, 0.29) is 5.69 Å². The van der Waals surface area contributed by atoms with Gasteiger partial charge in [-0.15, -0.1) is 0 Å². The number of aryl methyl sites for hydroxylation is 1. The highest BCUT2D eigenvalue weighted by molar-refractivity contribution is 6.30. The molecule has 5 nitrogen and oxygen atoms in total. The molecule has 0 aliphatic rings. The van der Waals surface area contributed by atoms with Crippen molar-refractivity contribution in [1.82, 2.24) is 9.78 Å². The van der Waals surface area contributed by atoms with E-state index in [2.05, 4.69) is 5.10 Å². The molecule has 0 amide bonds. The summed E-state index contributed by atoms with van der Waals surface area (Å²) in [6.07, 6.45) is 0. The maximum atomic E-state index is 11.0. The first-order valence-corrected chi connectivity index (χ1v) is 8.11. The van der Waals surface area contributed by atoms with Crippen LogP contribution >= 0.6 is 11.6 Å². The van der Waals surface area contributed by atoms with E-state index in [0.29, 0.717) is 29.6 Å². The van der Waals surface area contributed by atoms with Crippen molar-refractivity contribution in [3.63, 3.8) is 0 Å². The molecule has 0 aliphatic heterocycles. The van der Waals surface area contributed by atoms with Crippen LogP contribution in [0.5, 0.6) is 5.75 Å². The van der Waals surface area contributed by atoms with E-state index in [4.69, 9.17) is 16.3 Å². The van der Waals surface area contributed by atoms with Gasteiger partial charge in [0.15, 0.2) is 0 Å². The number of rotatable bonds is 6. The minimum atomic E-state index is -1.30. The lowest BCUT2D eigenvalue weighted by molar-refractivity contribution is -0.255. The van der Waals surface area contributed by atoms with Gasteiger partial charge in [0.25, 0.3) is 0 Å². The Bertz CT molecular complexity index is 891. The first-order chi connectivity index (χ1) is 12.0. The van der Waals surface area contributed by atoms with Gasteiger partial charge in [-0.2, -0.15) is 5.10 Å². The standard InChI is InChI=1S/C19H17ClN2O3/c1-13-9-17(19(23)24)21-22(13)11-15-10-16(20)7-8-18(15)25-12-14-5-3-2-4-6-14/h2-10H,11-12H2,1H3,(H,23,24)/p-1. The summed E-state index contributed by atoms with van der Waals surface area (Å²) in [5.41, 5.74) is 2.50.